The molecule has 34 heavy (non-hydrogen) atoms. The monoisotopic (exact) mass is 464 g/mol. The van der Waals surface area contributed by atoms with Crippen LogP contribution in [0.25, 0.3) is 11.8 Å². The largest absolute Gasteiger partial charge is 0.481 e. The molecule has 2 N–H and O–H groups in total. The normalized spacial score (nSPS) is 23.4. The third-order valence-electron chi connectivity index (χ3n) is 7.71. The molecule has 0 aliphatic heterocycles. The van der Waals surface area contributed by atoms with E-state index >= 15 is 0 Å². The molecule has 2 aromatic carbocycles. The number of aromatic nitrogens is 2. The van der Waals surface area contributed by atoms with E-state index in [0.717, 1.165) is 28.9 Å². The van der Waals surface area contributed by atoms with Crippen LogP contribution in [-0.2, 0) is 24.1 Å². The Balaban J connectivity index is 1.42. The van der Waals surface area contributed by atoms with Crippen molar-refractivity contribution in [3.05, 3.63) is 88.3 Å². The fourth-order valence-corrected chi connectivity index (χ4v) is 5.65. The van der Waals surface area contributed by atoms with Gasteiger partial charge in [-0.1, -0.05) is 24.6 Å². The summed E-state index contributed by atoms with van der Waals surface area (Å²) in [5, 5.41) is 25.5. The van der Waals surface area contributed by atoms with Crippen molar-refractivity contribution in [1.29, 1.82) is 0 Å². The first-order chi connectivity index (χ1) is 16.2. The molecule has 0 radical (unpaired) electrons. The molecule has 2 aliphatic carbocycles. The van der Waals surface area contributed by atoms with Crippen LogP contribution in [0, 0.1) is 17.0 Å². The topological polar surface area (TPSA) is 75.3 Å². The summed E-state index contributed by atoms with van der Waals surface area (Å²) >= 11 is 0. The first kappa shape index (κ1) is 22.5. The molecule has 1 heterocycles. The SMILES string of the molecule is CC12Cc3cnn(-c4ccc(F)cc4)c3C=C1CCC2(O)CCc1cccc(F)c1CC(=O)O. The standard InChI is InChI=1S/C27H26F2N2O3/c1-26-15-18-16-30-31(21-7-5-20(28)6-8-21)24(18)13-19(26)10-12-27(26,34)11-9-17-3-2-4-23(29)22(17)14-25(32)33/h2-8,13,16,34H,9-12,14-15H2,1H3,(H,32,33). The lowest BCUT2D eigenvalue weighted by molar-refractivity contribution is -0.136. The van der Waals surface area contributed by atoms with E-state index in [2.05, 4.69) is 18.1 Å². The van der Waals surface area contributed by atoms with E-state index < -0.39 is 22.8 Å². The van der Waals surface area contributed by atoms with Crippen LogP contribution in [0.15, 0.2) is 54.2 Å². The van der Waals surface area contributed by atoms with Gasteiger partial charge >= 0.3 is 5.97 Å². The van der Waals surface area contributed by atoms with E-state index in [-0.39, 0.29) is 17.8 Å². The highest BCUT2D eigenvalue weighted by Gasteiger charge is 2.54. The molecule has 7 heteroatoms. The molecule has 5 rings (SSSR count). The molecule has 1 fully saturated rings. The Morgan fingerprint density at radius 1 is 1.18 bits per heavy atom. The van der Waals surface area contributed by atoms with Crippen molar-refractivity contribution in [2.24, 2.45) is 5.41 Å². The van der Waals surface area contributed by atoms with Crippen LogP contribution < -0.4 is 0 Å². The molecule has 1 aromatic heterocycles. The number of nitrogens with zero attached hydrogens (tertiary/aromatic N) is 2. The van der Waals surface area contributed by atoms with Gasteiger partial charge < -0.3 is 10.2 Å². The van der Waals surface area contributed by atoms with Crippen molar-refractivity contribution >= 4 is 12.0 Å². The van der Waals surface area contributed by atoms with E-state index in [0.29, 0.717) is 31.2 Å². The number of carboxylic acids is 1. The highest BCUT2D eigenvalue weighted by Crippen LogP contribution is 2.56. The fourth-order valence-electron chi connectivity index (χ4n) is 5.65. The van der Waals surface area contributed by atoms with Gasteiger partial charge in [-0.15, -0.1) is 0 Å². The van der Waals surface area contributed by atoms with Crippen LogP contribution in [0.3, 0.4) is 0 Å². The predicted molar refractivity (Wildman–Crippen MR) is 124 cm³/mol. The fraction of sp³-hybridized carbons (Fsp3) is 0.333. The average molecular weight is 465 g/mol. The Morgan fingerprint density at radius 3 is 2.68 bits per heavy atom. The van der Waals surface area contributed by atoms with Gasteiger partial charge in [0, 0.05) is 11.0 Å². The number of halogens is 2. The van der Waals surface area contributed by atoms with Gasteiger partial charge in [0.15, 0.2) is 0 Å². The summed E-state index contributed by atoms with van der Waals surface area (Å²) < 4.78 is 29.5. The second-order valence-corrected chi connectivity index (χ2v) is 9.60. The second kappa shape index (κ2) is 8.17. The van der Waals surface area contributed by atoms with Crippen LogP contribution in [0.2, 0.25) is 0 Å². The summed E-state index contributed by atoms with van der Waals surface area (Å²) in [4.78, 5) is 11.2. The second-order valence-electron chi connectivity index (χ2n) is 9.60. The number of carbonyl (C=O) groups is 1. The summed E-state index contributed by atoms with van der Waals surface area (Å²) in [5.41, 5.74) is 3.15. The first-order valence-corrected chi connectivity index (χ1v) is 11.4. The molecule has 2 unspecified atom stereocenters. The van der Waals surface area contributed by atoms with Gasteiger partial charge in [0.2, 0.25) is 0 Å². The number of rotatable bonds is 6. The number of benzene rings is 2. The molecule has 0 saturated heterocycles. The van der Waals surface area contributed by atoms with Gasteiger partial charge in [-0.3, -0.25) is 4.79 Å². The first-order valence-electron chi connectivity index (χ1n) is 11.4. The number of aryl methyl sites for hydroxylation is 1. The zero-order valence-electron chi connectivity index (χ0n) is 18.9. The van der Waals surface area contributed by atoms with Crippen molar-refractivity contribution in [2.45, 2.75) is 51.0 Å². The highest BCUT2D eigenvalue weighted by atomic mass is 19.1. The number of fused-ring (bicyclic) bond motifs is 2. The van der Waals surface area contributed by atoms with Crippen molar-refractivity contribution in [3.63, 3.8) is 0 Å². The van der Waals surface area contributed by atoms with Crippen LogP contribution in [0.4, 0.5) is 8.78 Å². The highest BCUT2D eigenvalue weighted by molar-refractivity contribution is 5.71. The molecular weight excluding hydrogens is 438 g/mol. The third-order valence-corrected chi connectivity index (χ3v) is 7.71. The Labute approximate surface area is 196 Å². The average Bonchev–Trinajstić information content (AvgIpc) is 3.31. The summed E-state index contributed by atoms with van der Waals surface area (Å²) in [6.45, 7) is 2.06. The lowest BCUT2D eigenvalue weighted by atomic mass is 9.65. The zero-order valence-corrected chi connectivity index (χ0v) is 18.9. The Hall–Kier alpha value is -3.32. The lowest BCUT2D eigenvalue weighted by Gasteiger charge is -2.42. The van der Waals surface area contributed by atoms with Crippen molar-refractivity contribution in [1.82, 2.24) is 9.78 Å². The number of aliphatic hydroxyl groups is 1. The van der Waals surface area contributed by atoms with Gasteiger partial charge in [-0.25, -0.2) is 13.5 Å². The number of aliphatic carboxylic acids is 1. The molecule has 2 aliphatic rings. The molecule has 1 saturated carbocycles. The summed E-state index contributed by atoms with van der Waals surface area (Å²) in [7, 11) is 0. The van der Waals surface area contributed by atoms with Crippen LogP contribution in [0.5, 0.6) is 0 Å². The smallest absolute Gasteiger partial charge is 0.307 e. The van der Waals surface area contributed by atoms with Gasteiger partial charge in [-0.05, 0) is 79.6 Å². The van der Waals surface area contributed by atoms with Crippen molar-refractivity contribution in [3.8, 4) is 5.69 Å². The molecule has 3 aromatic rings. The minimum atomic E-state index is -1.08. The van der Waals surface area contributed by atoms with E-state index in [1.807, 2.05) is 0 Å². The molecule has 0 spiro atoms. The summed E-state index contributed by atoms with van der Waals surface area (Å²) in [5.74, 6) is -1.91. The lowest BCUT2D eigenvalue weighted by Crippen LogP contribution is -2.45. The third kappa shape index (κ3) is 3.64. The van der Waals surface area contributed by atoms with Gasteiger partial charge in [-0.2, -0.15) is 5.10 Å². The van der Waals surface area contributed by atoms with E-state index in [1.54, 1.807) is 35.1 Å². The number of hydrogen-bond acceptors (Lipinski definition) is 3. The van der Waals surface area contributed by atoms with Crippen LogP contribution in [0.1, 0.15) is 48.6 Å². The van der Waals surface area contributed by atoms with E-state index in [1.165, 1.54) is 18.2 Å². The van der Waals surface area contributed by atoms with Crippen LogP contribution in [-0.4, -0.2) is 31.6 Å². The Bertz CT molecular complexity index is 1300. The van der Waals surface area contributed by atoms with Crippen molar-refractivity contribution < 1.29 is 23.8 Å². The number of carboxylic acid groups (broad SMARTS) is 1. The van der Waals surface area contributed by atoms with E-state index in [4.69, 9.17) is 0 Å². The summed E-state index contributed by atoms with van der Waals surface area (Å²) in [6, 6.07) is 10.8. The maximum absolute atomic E-state index is 14.3. The van der Waals surface area contributed by atoms with Gasteiger partial charge in [0.1, 0.15) is 11.6 Å². The Morgan fingerprint density at radius 2 is 1.94 bits per heavy atom. The minimum absolute atomic E-state index is 0.184. The van der Waals surface area contributed by atoms with Gasteiger partial charge in [0.25, 0.3) is 0 Å². The number of hydrogen-bond donors (Lipinski definition) is 2. The van der Waals surface area contributed by atoms with E-state index in [9.17, 15) is 23.8 Å². The maximum Gasteiger partial charge on any atom is 0.307 e. The molecule has 176 valence electrons. The predicted octanol–water partition coefficient (Wildman–Crippen LogP) is 4.88. The summed E-state index contributed by atoms with van der Waals surface area (Å²) in [6.07, 6.45) is 6.21. The molecular formula is C27H26F2N2O3. The van der Waals surface area contributed by atoms with Gasteiger partial charge in [0.05, 0.1) is 29.6 Å². The quantitative estimate of drug-likeness (QED) is 0.545. The van der Waals surface area contributed by atoms with Crippen LogP contribution >= 0.6 is 0 Å². The Kier molecular flexibility index (Phi) is 5.40. The molecule has 0 amide bonds. The zero-order chi connectivity index (χ0) is 24.1. The molecule has 0 bridgehead atoms. The molecule has 2 atom stereocenters. The maximum atomic E-state index is 14.3. The van der Waals surface area contributed by atoms with Crippen molar-refractivity contribution in [2.75, 3.05) is 0 Å². The molecule has 5 nitrogen and oxygen atoms in total. The minimum Gasteiger partial charge on any atom is -0.481 e.